The lowest BCUT2D eigenvalue weighted by Gasteiger charge is -2.18. The summed E-state index contributed by atoms with van der Waals surface area (Å²) < 4.78 is 9.97. The maximum absolute atomic E-state index is 12.1. The third kappa shape index (κ3) is 10.3. The number of esters is 2. The molecule has 156 valence electrons. The molecule has 0 amide bonds. The molecule has 0 fully saturated rings. The Morgan fingerprint density at radius 2 is 0.963 bits per heavy atom. The molecule has 0 heterocycles. The van der Waals surface area contributed by atoms with Crippen LogP contribution in [0.5, 0.6) is 0 Å². The van der Waals surface area contributed by atoms with Gasteiger partial charge in [0.2, 0.25) is 0 Å². The molecule has 0 bridgehead atoms. The van der Waals surface area contributed by atoms with Crippen LogP contribution >= 0.6 is 0 Å². The van der Waals surface area contributed by atoms with E-state index in [2.05, 4.69) is 13.8 Å². The second-order valence-electron chi connectivity index (χ2n) is 6.91. The Labute approximate surface area is 163 Å². The van der Waals surface area contributed by atoms with Crippen LogP contribution in [0.4, 0.5) is 0 Å². The number of rotatable bonds is 18. The number of aldehydes is 2. The highest BCUT2D eigenvalue weighted by Gasteiger charge is 2.49. The zero-order valence-corrected chi connectivity index (χ0v) is 17.0. The molecule has 0 aromatic carbocycles. The molecule has 0 unspecified atom stereocenters. The first-order chi connectivity index (χ1) is 13.1. The minimum absolute atomic E-state index is 0.0210. The molecule has 0 aliphatic heterocycles. The lowest BCUT2D eigenvalue weighted by atomic mass is 9.92. The molecule has 0 atom stereocenters. The average Bonchev–Trinajstić information content (AvgIpc) is 2.68. The van der Waals surface area contributed by atoms with Crippen molar-refractivity contribution >= 4 is 24.5 Å². The van der Waals surface area contributed by atoms with Gasteiger partial charge in [-0.2, -0.15) is 0 Å². The molecular formula is C21H36O6. The van der Waals surface area contributed by atoms with Crippen LogP contribution in [0, 0.1) is 5.41 Å². The summed E-state index contributed by atoms with van der Waals surface area (Å²) in [7, 11) is 0. The Balaban J connectivity index is 4.25. The van der Waals surface area contributed by atoms with Gasteiger partial charge in [-0.25, -0.2) is 9.59 Å². The number of unbranched alkanes of at least 4 members (excludes halogenated alkanes) is 10. The smallest absolute Gasteiger partial charge is 0.338 e. The van der Waals surface area contributed by atoms with Gasteiger partial charge in [0.25, 0.3) is 5.41 Å². The largest absolute Gasteiger partial charge is 0.464 e. The van der Waals surface area contributed by atoms with Crippen LogP contribution in [0.3, 0.4) is 0 Å². The third-order valence-corrected chi connectivity index (χ3v) is 4.51. The van der Waals surface area contributed by atoms with Crippen LogP contribution in [0.15, 0.2) is 0 Å². The van der Waals surface area contributed by atoms with Gasteiger partial charge in [0.1, 0.15) is 0 Å². The zero-order valence-electron chi connectivity index (χ0n) is 17.0. The number of carbonyl (C=O) groups excluding carboxylic acids is 4. The molecule has 0 aromatic rings. The van der Waals surface area contributed by atoms with Crippen LogP contribution < -0.4 is 0 Å². The summed E-state index contributed by atoms with van der Waals surface area (Å²) in [4.78, 5) is 46.9. The number of hydrogen-bond acceptors (Lipinski definition) is 6. The highest BCUT2D eigenvalue weighted by molar-refractivity contribution is 6.25. The van der Waals surface area contributed by atoms with Gasteiger partial charge in [0, 0.05) is 0 Å². The minimum atomic E-state index is -2.50. The monoisotopic (exact) mass is 384 g/mol. The van der Waals surface area contributed by atoms with Gasteiger partial charge in [-0.3, -0.25) is 0 Å². The van der Waals surface area contributed by atoms with Gasteiger partial charge >= 0.3 is 11.9 Å². The van der Waals surface area contributed by atoms with Crippen molar-refractivity contribution < 1.29 is 28.7 Å². The van der Waals surface area contributed by atoms with Gasteiger partial charge in [-0.1, -0.05) is 78.1 Å². The van der Waals surface area contributed by atoms with E-state index in [1.54, 1.807) is 0 Å². The summed E-state index contributed by atoms with van der Waals surface area (Å²) in [5.74, 6) is -2.29. The standard InChI is InChI=1S/C21H36O6/c1-3-5-7-9-11-13-15-26-19(24)21(17-22,18-23)20(25)27-16-14-12-10-8-6-4-2/h17-18H,3-16H2,1-2H3. The fourth-order valence-electron chi connectivity index (χ4n) is 2.64. The molecular weight excluding hydrogens is 348 g/mol. The minimum Gasteiger partial charge on any atom is -0.464 e. The first-order valence-electron chi connectivity index (χ1n) is 10.4. The summed E-state index contributed by atoms with van der Waals surface area (Å²) in [6.45, 7) is 4.43. The Kier molecular flexibility index (Phi) is 15.4. The van der Waals surface area contributed by atoms with Crippen molar-refractivity contribution in [1.82, 2.24) is 0 Å². The molecule has 6 nitrogen and oxygen atoms in total. The second-order valence-corrected chi connectivity index (χ2v) is 6.91. The van der Waals surface area contributed by atoms with E-state index in [9.17, 15) is 19.2 Å². The van der Waals surface area contributed by atoms with Crippen LogP contribution in [0.2, 0.25) is 0 Å². The quantitative estimate of drug-likeness (QED) is 0.152. The summed E-state index contributed by atoms with van der Waals surface area (Å²) in [6.07, 6.45) is 12.1. The molecule has 0 aliphatic carbocycles. The summed E-state index contributed by atoms with van der Waals surface area (Å²) in [6, 6.07) is 0. The van der Waals surface area contributed by atoms with Crippen LogP contribution in [0.25, 0.3) is 0 Å². The molecule has 0 saturated heterocycles. The molecule has 0 spiro atoms. The van der Waals surface area contributed by atoms with Crippen molar-refractivity contribution in [1.29, 1.82) is 0 Å². The van der Waals surface area contributed by atoms with E-state index in [1.807, 2.05) is 0 Å². The van der Waals surface area contributed by atoms with Gasteiger partial charge < -0.3 is 19.1 Å². The second kappa shape index (κ2) is 16.5. The van der Waals surface area contributed by atoms with E-state index in [4.69, 9.17) is 9.47 Å². The normalized spacial score (nSPS) is 11.0. The van der Waals surface area contributed by atoms with Crippen LogP contribution in [0.1, 0.15) is 90.9 Å². The van der Waals surface area contributed by atoms with Crippen molar-refractivity contribution in [2.24, 2.45) is 5.41 Å². The molecule has 0 rings (SSSR count). The molecule has 0 N–H and O–H groups in total. The molecule has 0 saturated carbocycles. The van der Waals surface area contributed by atoms with E-state index >= 15 is 0 Å². The van der Waals surface area contributed by atoms with E-state index in [0.29, 0.717) is 12.8 Å². The predicted octanol–water partition coefficient (Wildman–Crippen LogP) is 4.18. The Morgan fingerprint density at radius 3 is 1.30 bits per heavy atom. The summed E-state index contributed by atoms with van der Waals surface area (Å²) in [5, 5.41) is 0. The number of hydrogen-bond donors (Lipinski definition) is 0. The van der Waals surface area contributed by atoms with E-state index < -0.39 is 17.4 Å². The zero-order chi connectivity index (χ0) is 20.4. The number of carbonyl (C=O) groups is 4. The Bertz CT molecular complexity index is 392. The lowest BCUT2D eigenvalue weighted by Crippen LogP contribution is -2.45. The summed E-state index contributed by atoms with van der Waals surface area (Å²) in [5.41, 5.74) is -2.50. The molecule has 0 aliphatic rings. The Morgan fingerprint density at radius 1 is 0.630 bits per heavy atom. The van der Waals surface area contributed by atoms with Gasteiger partial charge in [0.05, 0.1) is 13.2 Å². The highest BCUT2D eigenvalue weighted by Crippen LogP contribution is 2.17. The van der Waals surface area contributed by atoms with Crippen molar-refractivity contribution in [3.8, 4) is 0 Å². The fraction of sp³-hybridized carbons (Fsp3) is 0.810. The van der Waals surface area contributed by atoms with Gasteiger partial charge in [-0.05, 0) is 12.8 Å². The lowest BCUT2D eigenvalue weighted by molar-refractivity contribution is -0.172. The van der Waals surface area contributed by atoms with Crippen molar-refractivity contribution in [2.45, 2.75) is 90.9 Å². The van der Waals surface area contributed by atoms with Crippen molar-refractivity contribution in [3.63, 3.8) is 0 Å². The first kappa shape index (κ1) is 25.3. The third-order valence-electron chi connectivity index (χ3n) is 4.51. The topological polar surface area (TPSA) is 86.7 Å². The molecule has 0 radical (unpaired) electrons. The fourth-order valence-corrected chi connectivity index (χ4v) is 2.64. The first-order valence-corrected chi connectivity index (χ1v) is 10.4. The maximum Gasteiger partial charge on any atom is 0.338 e. The van der Waals surface area contributed by atoms with E-state index in [0.717, 1.165) is 51.4 Å². The van der Waals surface area contributed by atoms with Crippen molar-refractivity contribution in [3.05, 3.63) is 0 Å². The summed E-state index contributed by atoms with van der Waals surface area (Å²) >= 11 is 0. The molecule has 27 heavy (non-hydrogen) atoms. The van der Waals surface area contributed by atoms with Gasteiger partial charge in [-0.15, -0.1) is 0 Å². The Hall–Kier alpha value is -1.72. The van der Waals surface area contributed by atoms with E-state index in [1.165, 1.54) is 12.8 Å². The van der Waals surface area contributed by atoms with Crippen molar-refractivity contribution in [2.75, 3.05) is 13.2 Å². The molecule has 6 heteroatoms. The maximum atomic E-state index is 12.1. The highest BCUT2D eigenvalue weighted by atomic mass is 16.6. The molecule has 0 aromatic heterocycles. The SMILES string of the molecule is CCCCCCCCOC(=O)C(C=O)(C=O)C(=O)OCCCCCCCC. The van der Waals surface area contributed by atoms with Gasteiger partial charge in [0.15, 0.2) is 12.6 Å². The van der Waals surface area contributed by atoms with E-state index in [-0.39, 0.29) is 25.8 Å². The average molecular weight is 385 g/mol. The number of ether oxygens (including phenoxy) is 2. The predicted molar refractivity (Wildman–Crippen MR) is 103 cm³/mol. The van der Waals surface area contributed by atoms with Crippen LogP contribution in [-0.2, 0) is 28.7 Å². The van der Waals surface area contributed by atoms with Crippen LogP contribution in [-0.4, -0.2) is 37.7 Å².